The van der Waals surface area contributed by atoms with E-state index in [1.807, 2.05) is 19.1 Å². The van der Waals surface area contributed by atoms with Crippen LogP contribution in [-0.4, -0.2) is 18.1 Å². The van der Waals surface area contributed by atoms with Crippen LogP contribution in [0.1, 0.15) is 28.3 Å². The van der Waals surface area contributed by atoms with Crippen molar-refractivity contribution in [3.63, 3.8) is 0 Å². The first-order valence-electron chi connectivity index (χ1n) is 5.82. The maximum Gasteiger partial charge on any atom is 0.0940 e. The molecule has 1 aromatic rings. The molecule has 0 heterocycles. The van der Waals surface area contributed by atoms with Crippen molar-refractivity contribution in [1.82, 2.24) is 5.32 Å². The van der Waals surface area contributed by atoms with Gasteiger partial charge in [0.1, 0.15) is 0 Å². The maximum absolute atomic E-state index is 9.93. The van der Waals surface area contributed by atoms with Gasteiger partial charge in [0.05, 0.1) is 6.10 Å². The topological polar surface area (TPSA) is 32.3 Å². The second-order valence-electron chi connectivity index (χ2n) is 3.29. The van der Waals surface area contributed by atoms with Gasteiger partial charge >= 0.3 is 0 Å². The molecule has 1 aromatic carbocycles. The van der Waals surface area contributed by atoms with Crippen LogP contribution in [0.5, 0.6) is 0 Å². The lowest BCUT2D eigenvalue weighted by atomic mass is 10.0. The number of halogens is 1. The van der Waals surface area contributed by atoms with Crippen molar-refractivity contribution >= 4 is 12.4 Å². The van der Waals surface area contributed by atoms with Gasteiger partial charge in [-0.2, -0.15) is 0 Å². The second kappa shape index (κ2) is 6.02. The SMILES string of the molecule is Cl.[2H]C([2H])([2H])NC(C)C(O)c1ccc(C)cc1. The van der Waals surface area contributed by atoms with Crippen LogP contribution < -0.4 is 5.32 Å². The molecule has 3 heteroatoms. The Morgan fingerprint density at radius 3 is 2.43 bits per heavy atom. The number of hydrogen-bond donors (Lipinski definition) is 2. The average Bonchev–Trinajstić information content (AvgIpc) is 2.15. The Morgan fingerprint density at radius 2 is 1.93 bits per heavy atom. The Balaban J connectivity index is 0.00000256. The highest BCUT2D eigenvalue weighted by Gasteiger charge is 2.13. The van der Waals surface area contributed by atoms with Gasteiger partial charge in [-0.3, -0.25) is 0 Å². The Morgan fingerprint density at radius 1 is 1.36 bits per heavy atom. The van der Waals surface area contributed by atoms with Crippen molar-refractivity contribution in [2.75, 3.05) is 6.98 Å². The van der Waals surface area contributed by atoms with Gasteiger partial charge in [-0.05, 0) is 26.4 Å². The summed E-state index contributed by atoms with van der Waals surface area (Å²) in [5.41, 5.74) is 1.82. The molecule has 1 rings (SSSR count). The van der Waals surface area contributed by atoms with E-state index in [2.05, 4.69) is 5.32 Å². The monoisotopic (exact) mass is 218 g/mol. The van der Waals surface area contributed by atoms with Gasteiger partial charge in [-0.25, -0.2) is 0 Å². The van der Waals surface area contributed by atoms with Crippen molar-refractivity contribution in [1.29, 1.82) is 0 Å². The van der Waals surface area contributed by atoms with E-state index in [4.69, 9.17) is 4.11 Å². The van der Waals surface area contributed by atoms with Gasteiger partial charge < -0.3 is 10.4 Å². The third-order valence-corrected chi connectivity index (χ3v) is 2.12. The first-order chi connectivity index (χ1) is 7.29. The zero-order chi connectivity index (χ0) is 12.3. The van der Waals surface area contributed by atoms with Crippen LogP contribution in [-0.2, 0) is 0 Å². The molecule has 0 radical (unpaired) electrons. The highest BCUT2D eigenvalue weighted by molar-refractivity contribution is 5.85. The quantitative estimate of drug-likeness (QED) is 0.814. The van der Waals surface area contributed by atoms with Gasteiger partial charge in [0.25, 0.3) is 0 Å². The van der Waals surface area contributed by atoms with E-state index in [1.165, 1.54) is 0 Å². The Kier molecular flexibility index (Phi) is 3.74. The number of aryl methyl sites for hydroxylation is 1. The predicted molar refractivity (Wildman–Crippen MR) is 61.9 cm³/mol. The van der Waals surface area contributed by atoms with E-state index in [1.54, 1.807) is 19.1 Å². The van der Waals surface area contributed by atoms with Crippen molar-refractivity contribution < 1.29 is 9.22 Å². The number of nitrogens with one attached hydrogen (secondary N) is 1. The molecule has 2 atom stereocenters. The number of hydrogen-bond acceptors (Lipinski definition) is 2. The number of rotatable bonds is 3. The van der Waals surface area contributed by atoms with Gasteiger partial charge in [0.15, 0.2) is 0 Å². The smallest absolute Gasteiger partial charge is 0.0940 e. The van der Waals surface area contributed by atoms with E-state index < -0.39 is 19.1 Å². The van der Waals surface area contributed by atoms with E-state index in [-0.39, 0.29) is 12.4 Å². The molecule has 0 aliphatic carbocycles. The molecule has 0 saturated heterocycles. The van der Waals surface area contributed by atoms with Gasteiger partial charge in [-0.1, -0.05) is 29.8 Å². The third kappa shape index (κ3) is 3.29. The third-order valence-electron chi connectivity index (χ3n) is 2.12. The highest BCUT2D eigenvalue weighted by Crippen LogP contribution is 2.16. The summed E-state index contributed by atoms with van der Waals surface area (Å²) in [7, 11) is 0. The van der Waals surface area contributed by atoms with E-state index in [0.29, 0.717) is 0 Å². The molecule has 0 fully saturated rings. The average molecular weight is 219 g/mol. The zero-order valence-electron chi connectivity index (χ0n) is 11.3. The number of aliphatic hydroxyl groups is 1. The molecule has 0 aromatic heterocycles. The minimum atomic E-state index is -2.23. The van der Waals surface area contributed by atoms with E-state index in [0.717, 1.165) is 11.1 Å². The van der Waals surface area contributed by atoms with Crippen LogP contribution >= 0.6 is 12.4 Å². The summed E-state index contributed by atoms with van der Waals surface area (Å²) in [6.07, 6.45) is -0.818. The molecule has 2 nitrogen and oxygen atoms in total. The molecule has 0 bridgehead atoms. The number of likely N-dealkylation sites (N-methyl/N-ethyl adjacent to an activating group) is 1. The van der Waals surface area contributed by atoms with Crippen LogP contribution in [0.25, 0.3) is 0 Å². The minimum Gasteiger partial charge on any atom is -0.387 e. The Bertz CT molecular complexity index is 340. The molecule has 14 heavy (non-hydrogen) atoms. The molecule has 0 aliphatic rings. The normalized spacial score (nSPS) is 18.4. The van der Waals surface area contributed by atoms with Crippen LogP contribution in [0.15, 0.2) is 24.3 Å². The Hall–Kier alpha value is -0.570. The molecule has 0 spiro atoms. The number of aliphatic hydroxyl groups excluding tert-OH is 1. The first kappa shape index (κ1) is 8.72. The summed E-state index contributed by atoms with van der Waals surface area (Å²) in [6.45, 7) is 1.38. The minimum absolute atomic E-state index is 0. The molecule has 80 valence electrons. The fourth-order valence-electron chi connectivity index (χ4n) is 1.13. The van der Waals surface area contributed by atoms with Crippen LogP contribution in [0.3, 0.4) is 0 Å². The summed E-state index contributed by atoms with van der Waals surface area (Å²) in [5, 5.41) is 12.3. The largest absolute Gasteiger partial charge is 0.387 e. The fourth-order valence-corrected chi connectivity index (χ4v) is 1.13. The van der Waals surface area contributed by atoms with Crippen molar-refractivity contribution in [3.05, 3.63) is 35.4 Å². The van der Waals surface area contributed by atoms with Crippen molar-refractivity contribution in [2.45, 2.75) is 26.0 Å². The fraction of sp³-hybridized carbons (Fsp3) is 0.455. The summed E-state index contributed by atoms with van der Waals surface area (Å²) >= 11 is 0. The standard InChI is InChI=1S/C11H17NO.ClH/c1-8-4-6-10(7-5-8)11(13)9(2)12-3;/h4-7,9,11-13H,1-3H3;1H/i3D3;. The van der Waals surface area contributed by atoms with E-state index in [9.17, 15) is 5.11 Å². The zero-order valence-corrected chi connectivity index (χ0v) is 9.14. The van der Waals surface area contributed by atoms with E-state index >= 15 is 0 Å². The molecular formula is C11H18ClNO. The van der Waals surface area contributed by atoms with Gasteiger partial charge in [0.2, 0.25) is 0 Å². The summed E-state index contributed by atoms with van der Waals surface area (Å²) < 4.78 is 21.2. The molecule has 0 saturated carbocycles. The van der Waals surface area contributed by atoms with Crippen LogP contribution in [0, 0.1) is 6.92 Å². The highest BCUT2D eigenvalue weighted by atomic mass is 35.5. The molecular weight excluding hydrogens is 198 g/mol. The molecule has 2 unspecified atom stereocenters. The van der Waals surface area contributed by atoms with Crippen molar-refractivity contribution in [2.24, 2.45) is 0 Å². The summed E-state index contributed by atoms with van der Waals surface area (Å²) in [4.78, 5) is 0. The summed E-state index contributed by atoms with van der Waals surface area (Å²) in [5.74, 6) is 0. The van der Waals surface area contributed by atoms with Crippen molar-refractivity contribution in [3.8, 4) is 0 Å². The first-order valence-corrected chi connectivity index (χ1v) is 4.32. The molecule has 0 aliphatic heterocycles. The lowest BCUT2D eigenvalue weighted by Crippen LogP contribution is -2.28. The maximum atomic E-state index is 9.93. The lowest BCUT2D eigenvalue weighted by Gasteiger charge is -2.18. The second-order valence-corrected chi connectivity index (χ2v) is 3.29. The predicted octanol–water partition coefficient (Wildman–Crippen LogP) is 2.06. The molecule has 2 N–H and O–H groups in total. The van der Waals surface area contributed by atoms with Gasteiger partial charge in [-0.15, -0.1) is 12.4 Å². The number of benzene rings is 1. The Labute approximate surface area is 96.0 Å². The van der Waals surface area contributed by atoms with Gasteiger partial charge in [0, 0.05) is 10.2 Å². The summed E-state index contributed by atoms with van der Waals surface area (Å²) in [6, 6.07) is 6.87. The van der Waals surface area contributed by atoms with Crippen LogP contribution in [0.4, 0.5) is 0 Å². The lowest BCUT2D eigenvalue weighted by molar-refractivity contribution is 0.140. The van der Waals surface area contributed by atoms with Crippen LogP contribution in [0.2, 0.25) is 0 Å². The molecule has 0 amide bonds.